The Morgan fingerprint density at radius 2 is 1.81 bits per heavy atom. The maximum absolute atomic E-state index is 13.4. The van der Waals surface area contributed by atoms with Crippen molar-refractivity contribution in [2.45, 2.75) is 26.2 Å². The van der Waals surface area contributed by atoms with Crippen LogP contribution in [-0.2, 0) is 9.59 Å². The summed E-state index contributed by atoms with van der Waals surface area (Å²) in [5, 5.41) is 2.81. The predicted octanol–water partition coefficient (Wildman–Crippen LogP) is 4.08. The average molecular weight is 358 g/mol. The fraction of sp³-hybridized carbons (Fsp3) is 0.300. The van der Waals surface area contributed by atoms with Crippen LogP contribution in [-0.4, -0.2) is 18.4 Å². The Morgan fingerprint density at radius 1 is 1.12 bits per heavy atom. The third-order valence-corrected chi connectivity index (χ3v) is 4.56. The molecule has 1 aliphatic heterocycles. The van der Waals surface area contributed by atoms with Crippen LogP contribution in [0.4, 0.5) is 20.2 Å². The zero-order chi connectivity index (χ0) is 18.8. The average Bonchev–Trinajstić information content (AvgIpc) is 3.00. The smallest absolute Gasteiger partial charge is 0.229 e. The zero-order valence-electron chi connectivity index (χ0n) is 14.6. The molecule has 1 saturated heterocycles. The van der Waals surface area contributed by atoms with E-state index in [4.69, 9.17) is 0 Å². The summed E-state index contributed by atoms with van der Waals surface area (Å²) in [4.78, 5) is 26.0. The third kappa shape index (κ3) is 3.74. The molecule has 1 atom stereocenters. The first-order valence-electron chi connectivity index (χ1n) is 8.51. The summed E-state index contributed by atoms with van der Waals surface area (Å²) in [6, 6.07) is 10.8. The maximum Gasteiger partial charge on any atom is 0.229 e. The van der Waals surface area contributed by atoms with Crippen molar-refractivity contribution in [3.63, 3.8) is 0 Å². The topological polar surface area (TPSA) is 49.4 Å². The number of carbonyl (C=O) groups excluding carboxylic acids is 2. The minimum absolute atomic E-state index is 0.0366. The second-order valence-corrected chi connectivity index (χ2v) is 6.77. The SMILES string of the molecule is CC(C)c1ccc(NC(=O)C2CC(=O)N(c3ccc(F)c(F)c3)C2)cc1. The van der Waals surface area contributed by atoms with Crippen LogP contribution >= 0.6 is 0 Å². The summed E-state index contributed by atoms with van der Waals surface area (Å²) >= 11 is 0. The van der Waals surface area contributed by atoms with E-state index >= 15 is 0 Å². The highest BCUT2D eigenvalue weighted by atomic mass is 19.2. The van der Waals surface area contributed by atoms with Crippen molar-refractivity contribution in [2.75, 3.05) is 16.8 Å². The second-order valence-electron chi connectivity index (χ2n) is 6.77. The Labute approximate surface area is 150 Å². The van der Waals surface area contributed by atoms with E-state index in [-0.39, 0.29) is 30.5 Å². The van der Waals surface area contributed by atoms with Crippen LogP contribution in [0.1, 0.15) is 31.7 Å². The molecule has 3 rings (SSSR count). The lowest BCUT2D eigenvalue weighted by molar-refractivity contribution is -0.122. The molecule has 2 aromatic rings. The van der Waals surface area contributed by atoms with Gasteiger partial charge in [0.2, 0.25) is 11.8 Å². The van der Waals surface area contributed by atoms with Gasteiger partial charge in [-0.2, -0.15) is 0 Å². The molecule has 0 saturated carbocycles. The first kappa shape index (κ1) is 18.0. The summed E-state index contributed by atoms with van der Waals surface area (Å²) in [5.41, 5.74) is 2.09. The van der Waals surface area contributed by atoms with Gasteiger partial charge >= 0.3 is 0 Å². The van der Waals surface area contributed by atoms with Crippen molar-refractivity contribution in [1.82, 2.24) is 0 Å². The van der Waals surface area contributed by atoms with Crippen LogP contribution in [0.5, 0.6) is 0 Å². The number of benzene rings is 2. The molecule has 1 aliphatic rings. The number of hydrogen-bond acceptors (Lipinski definition) is 2. The van der Waals surface area contributed by atoms with E-state index in [1.54, 1.807) is 0 Å². The zero-order valence-corrected chi connectivity index (χ0v) is 14.6. The lowest BCUT2D eigenvalue weighted by Crippen LogP contribution is -2.28. The van der Waals surface area contributed by atoms with Gasteiger partial charge in [-0.15, -0.1) is 0 Å². The highest BCUT2D eigenvalue weighted by molar-refractivity contribution is 6.03. The Bertz CT molecular complexity index is 834. The van der Waals surface area contributed by atoms with E-state index in [9.17, 15) is 18.4 Å². The third-order valence-electron chi connectivity index (χ3n) is 4.56. The molecule has 0 bridgehead atoms. The number of rotatable bonds is 4. The molecular weight excluding hydrogens is 338 g/mol. The van der Waals surface area contributed by atoms with Crippen LogP contribution in [0, 0.1) is 17.6 Å². The van der Waals surface area contributed by atoms with E-state index in [1.807, 2.05) is 24.3 Å². The maximum atomic E-state index is 13.4. The summed E-state index contributed by atoms with van der Waals surface area (Å²) in [5.74, 6) is -2.68. The van der Waals surface area contributed by atoms with Gasteiger partial charge in [-0.25, -0.2) is 8.78 Å². The molecule has 0 spiro atoms. The summed E-state index contributed by atoms with van der Waals surface area (Å²) in [6.07, 6.45) is 0.0366. The molecule has 1 N–H and O–H groups in total. The van der Waals surface area contributed by atoms with Crippen LogP contribution in [0.25, 0.3) is 0 Å². The van der Waals surface area contributed by atoms with Crippen molar-refractivity contribution >= 4 is 23.2 Å². The first-order chi connectivity index (χ1) is 12.3. The van der Waals surface area contributed by atoms with E-state index < -0.39 is 17.6 Å². The number of amides is 2. The largest absolute Gasteiger partial charge is 0.326 e. The Balaban J connectivity index is 1.67. The van der Waals surface area contributed by atoms with Crippen molar-refractivity contribution in [1.29, 1.82) is 0 Å². The lowest BCUT2D eigenvalue weighted by atomic mass is 10.0. The van der Waals surface area contributed by atoms with E-state index in [0.717, 1.165) is 12.1 Å². The van der Waals surface area contributed by atoms with E-state index in [0.29, 0.717) is 11.6 Å². The number of nitrogens with zero attached hydrogens (tertiary/aromatic N) is 1. The molecule has 0 aliphatic carbocycles. The van der Waals surface area contributed by atoms with Crippen molar-refractivity contribution in [3.05, 3.63) is 59.7 Å². The molecule has 6 heteroatoms. The van der Waals surface area contributed by atoms with Crippen molar-refractivity contribution < 1.29 is 18.4 Å². The van der Waals surface area contributed by atoms with Gasteiger partial charge < -0.3 is 10.2 Å². The molecule has 2 aromatic carbocycles. The molecule has 2 amide bonds. The molecule has 1 fully saturated rings. The predicted molar refractivity (Wildman–Crippen MR) is 96.0 cm³/mol. The van der Waals surface area contributed by atoms with Gasteiger partial charge in [-0.1, -0.05) is 26.0 Å². The molecule has 26 heavy (non-hydrogen) atoms. The van der Waals surface area contributed by atoms with Crippen LogP contribution in [0.3, 0.4) is 0 Å². The molecule has 0 radical (unpaired) electrons. The van der Waals surface area contributed by atoms with Gasteiger partial charge in [0.1, 0.15) is 0 Å². The van der Waals surface area contributed by atoms with Crippen molar-refractivity contribution in [3.8, 4) is 0 Å². The number of carbonyl (C=O) groups is 2. The minimum atomic E-state index is -1.02. The summed E-state index contributed by atoms with van der Waals surface area (Å²) in [7, 11) is 0. The van der Waals surface area contributed by atoms with Gasteiger partial charge in [-0.3, -0.25) is 9.59 Å². The quantitative estimate of drug-likeness (QED) is 0.895. The Hall–Kier alpha value is -2.76. The number of hydrogen-bond donors (Lipinski definition) is 1. The molecule has 0 aromatic heterocycles. The highest BCUT2D eigenvalue weighted by Gasteiger charge is 2.35. The lowest BCUT2D eigenvalue weighted by Gasteiger charge is -2.17. The van der Waals surface area contributed by atoms with Gasteiger partial charge in [0, 0.05) is 30.4 Å². The van der Waals surface area contributed by atoms with Gasteiger partial charge in [-0.05, 0) is 35.7 Å². The summed E-state index contributed by atoms with van der Waals surface area (Å²) in [6.45, 7) is 4.31. The van der Waals surface area contributed by atoms with Gasteiger partial charge in [0.15, 0.2) is 11.6 Å². The standard InChI is InChI=1S/C20H20F2N2O2/c1-12(2)13-3-5-15(6-4-13)23-20(26)14-9-19(25)24(11-14)16-7-8-17(21)18(22)10-16/h3-8,10,12,14H,9,11H2,1-2H3,(H,23,26). The fourth-order valence-corrected chi connectivity index (χ4v) is 2.98. The molecule has 1 heterocycles. The first-order valence-corrected chi connectivity index (χ1v) is 8.51. The minimum Gasteiger partial charge on any atom is -0.326 e. The van der Waals surface area contributed by atoms with Gasteiger partial charge in [0.05, 0.1) is 5.92 Å². The molecule has 4 nitrogen and oxygen atoms in total. The molecule has 136 valence electrons. The molecule has 1 unspecified atom stereocenters. The number of nitrogens with one attached hydrogen (secondary N) is 1. The van der Waals surface area contributed by atoms with Gasteiger partial charge in [0.25, 0.3) is 0 Å². The second kappa shape index (κ2) is 7.23. The Kier molecular flexibility index (Phi) is 5.02. The van der Waals surface area contributed by atoms with E-state index in [1.165, 1.54) is 16.5 Å². The number of anilines is 2. The normalized spacial score (nSPS) is 17.0. The molecular formula is C20H20F2N2O2. The monoisotopic (exact) mass is 358 g/mol. The van der Waals surface area contributed by atoms with E-state index in [2.05, 4.69) is 19.2 Å². The van der Waals surface area contributed by atoms with Crippen LogP contribution in [0.2, 0.25) is 0 Å². The number of halogens is 2. The van der Waals surface area contributed by atoms with Crippen LogP contribution in [0.15, 0.2) is 42.5 Å². The Morgan fingerprint density at radius 3 is 2.42 bits per heavy atom. The van der Waals surface area contributed by atoms with Crippen LogP contribution < -0.4 is 10.2 Å². The fourth-order valence-electron chi connectivity index (χ4n) is 2.98. The summed E-state index contributed by atoms with van der Waals surface area (Å²) < 4.78 is 26.5. The highest BCUT2D eigenvalue weighted by Crippen LogP contribution is 2.27. The van der Waals surface area contributed by atoms with Crippen molar-refractivity contribution in [2.24, 2.45) is 5.92 Å².